The molecule has 2 aliphatic heterocycles. The lowest BCUT2D eigenvalue weighted by molar-refractivity contribution is -0.123. The summed E-state index contributed by atoms with van der Waals surface area (Å²) in [5.41, 5.74) is 4.87. The average molecular weight is 500 g/mol. The zero-order valence-corrected chi connectivity index (χ0v) is 21.7. The molecule has 188 valence electrons. The van der Waals surface area contributed by atoms with Crippen LogP contribution in [-0.2, 0) is 19.6 Å². The van der Waals surface area contributed by atoms with E-state index in [1.54, 1.807) is 13.0 Å². The molecule has 2 atom stereocenters. The van der Waals surface area contributed by atoms with Crippen molar-refractivity contribution in [1.82, 2.24) is 4.31 Å². The second kappa shape index (κ2) is 9.62. The van der Waals surface area contributed by atoms with Crippen molar-refractivity contribution in [3.05, 3.63) is 46.5 Å². The zero-order valence-electron chi connectivity index (χ0n) is 20.9. The van der Waals surface area contributed by atoms with Gasteiger partial charge in [0.15, 0.2) is 6.10 Å². The van der Waals surface area contributed by atoms with E-state index >= 15 is 0 Å². The smallest absolute Gasteiger partial charge is 0.265 e. The summed E-state index contributed by atoms with van der Waals surface area (Å²) >= 11 is 0. The van der Waals surface area contributed by atoms with Gasteiger partial charge in [-0.1, -0.05) is 24.6 Å². The van der Waals surface area contributed by atoms with Gasteiger partial charge in [0.25, 0.3) is 5.91 Å². The molecular formula is C26H33N3O5S. The Hall–Kier alpha value is -2.91. The van der Waals surface area contributed by atoms with E-state index in [0.717, 1.165) is 22.4 Å². The molecular weight excluding hydrogens is 466 g/mol. The molecule has 0 aromatic heterocycles. The van der Waals surface area contributed by atoms with Gasteiger partial charge in [0.05, 0.1) is 16.5 Å². The highest BCUT2D eigenvalue weighted by Crippen LogP contribution is 2.37. The van der Waals surface area contributed by atoms with Crippen LogP contribution in [0.1, 0.15) is 48.4 Å². The quantitative estimate of drug-likeness (QED) is 0.645. The summed E-state index contributed by atoms with van der Waals surface area (Å²) in [7, 11) is -3.86. The third-order valence-electron chi connectivity index (χ3n) is 6.77. The lowest BCUT2D eigenvalue weighted by atomic mass is 9.98. The van der Waals surface area contributed by atoms with Crippen molar-refractivity contribution >= 4 is 33.2 Å². The van der Waals surface area contributed by atoms with E-state index in [1.165, 1.54) is 10.4 Å². The van der Waals surface area contributed by atoms with Gasteiger partial charge in [-0.25, -0.2) is 8.42 Å². The van der Waals surface area contributed by atoms with Crippen LogP contribution in [0.15, 0.2) is 29.2 Å². The van der Waals surface area contributed by atoms with Crippen LogP contribution in [0.2, 0.25) is 0 Å². The number of benzene rings is 2. The van der Waals surface area contributed by atoms with Crippen LogP contribution >= 0.6 is 0 Å². The van der Waals surface area contributed by atoms with Crippen molar-refractivity contribution in [1.29, 1.82) is 0 Å². The monoisotopic (exact) mass is 499 g/mol. The van der Waals surface area contributed by atoms with E-state index in [2.05, 4.69) is 10.6 Å². The van der Waals surface area contributed by atoms with Crippen molar-refractivity contribution in [2.24, 2.45) is 5.92 Å². The Kier molecular flexibility index (Phi) is 6.92. The molecule has 0 saturated carbocycles. The van der Waals surface area contributed by atoms with E-state index in [1.807, 2.05) is 39.8 Å². The van der Waals surface area contributed by atoms with Gasteiger partial charge >= 0.3 is 0 Å². The Balaban J connectivity index is 1.56. The summed E-state index contributed by atoms with van der Waals surface area (Å²) in [6.07, 6.45) is 1.04. The third-order valence-corrected chi connectivity index (χ3v) is 8.77. The van der Waals surface area contributed by atoms with Gasteiger partial charge in [0.2, 0.25) is 15.9 Å². The molecule has 2 amide bonds. The molecule has 2 N–H and O–H groups in total. The fourth-order valence-corrected chi connectivity index (χ4v) is 6.69. The normalized spacial score (nSPS) is 20.5. The highest BCUT2D eigenvalue weighted by molar-refractivity contribution is 7.89. The Morgan fingerprint density at radius 3 is 2.46 bits per heavy atom. The number of carbonyl (C=O) groups excluding carboxylic acids is 2. The first kappa shape index (κ1) is 25.2. The maximum atomic E-state index is 13.6. The number of nitrogens with one attached hydrogen (secondary N) is 2. The number of nitrogens with zero attached hydrogens (tertiary/aromatic N) is 1. The van der Waals surface area contributed by atoms with Crippen molar-refractivity contribution in [2.75, 3.05) is 23.7 Å². The highest BCUT2D eigenvalue weighted by atomic mass is 32.2. The van der Waals surface area contributed by atoms with E-state index in [9.17, 15) is 18.0 Å². The Bertz CT molecular complexity index is 1270. The topological polar surface area (TPSA) is 105 Å². The highest BCUT2D eigenvalue weighted by Gasteiger charge is 2.36. The predicted molar refractivity (Wildman–Crippen MR) is 135 cm³/mol. The zero-order chi connectivity index (χ0) is 25.5. The largest absolute Gasteiger partial charge is 0.478 e. The van der Waals surface area contributed by atoms with Crippen LogP contribution in [0.4, 0.5) is 11.4 Å². The summed E-state index contributed by atoms with van der Waals surface area (Å²) in [5, 5.41) is 5.83. The van der Waals surface area contributed by atoms with Crippen molar-refractivity contribution in [3.8, 4) is 5.75 Å². The molecule has 0 radical (unpaired) electrons. The molecule has 1 saturated heterocycles. The van der Waals surface area contributed by atoms with E-state index in [4.69, 9.17) is 4.74 Å². The number of ether oxygens (including phenoxy) is 1. The fraction of sp³-hybridized carbons (Fsp3) is 0.462. The second-order valence-corrected chi connectivity index (χ2v) is 11.5. The van der Waals surface area contributed by atoms with Gasteiger partial charge in [-0.3, -0.25) is 9.59 Å². The molecule has 1 fully saturated rings. The molecule has 2 aromatic rings. The van der Waals surface area contributed by atoms with E-state index in [-0.39, 0.29) is 23.3 Å². The molecule has 35 heavy (non-hydrogen) atoms. The van der Waals surface area contributed by atoms with Crippen LogP contribution < -0.4 is 15.4 Å². The number of anilines is 2. The molecule has 2 aliphatic rings. The Morgan fingerprint density at radius 2 is 1.80 bits per heavy atom. The molecule has 0 aliphatic carbocycles. The SMILES string of the molecule is CC[C@@H]1Oc2cc(S(=O)(=O)N3CCC[C@@H](C(=O)Nc4c(C)cc(C)cc4C)C3)c(C)cc2NC1=O. The minimum Gasteiger partial charge on any atom is -0.478 e. The fourth-order valence-electron chi connectivity index (χ4n) is 4.95. The van der Waals surface area contributed by atoms with Gasteiger partial charge in [0, 0.05) is 24.8 Å². The molecule has 2 aromatic carbocycles. The summed E-state index contributed by atoms with van der Waals surface area (Å²) < 4.78 is 34.4. The van der Waals surface area contributed by atoms with Gasteiger partial charge < -0.3 is 15.4 Å². The van der Waals surface area contributed by atoms with Crippen LogP contribution in [0, 0.1) is 33.6 Å². The lowest BCUT2D eigenvalue weighted by Gasteiger charge is -2.32. The summed E-state index contributed by atoms with van der Waals surface area (Å²) in [4.78, 5) is 25.4. The van der Waals surface area contributed by atoms with E-state index < -0.39 is 22.0 Å². The maximum absolute atomic E-state index is 13.6. The standard InChI is InChI=1S/C26H33N3O5S/c1-6-21-26(31)27-20-12-16(3)23(13-22(20)34-21)35(32,33)29-9-7-8-19(14-29)25(30)28-24-17(4)10-15(2)11-18(24)5/h10-13,19,21H,6-9,14H2,1-5H3,(H,27,31)(H,28,30)/t19-,21+/m1/s1. The van der Waals surface area contributed by atoms with Crippen molar-refractivity contribution in [2.45, 2.75) is 64.9 Å². The second-order valence-electron chi connectivity index (χ2n) is 9.58. The Morgan fingerprint density at radius 1 is 1.11 bits per heavy atom. The molecule has 9 heteroatoms. The number of amides is 2. The molecule has 0 bridgehead atoms. The molecule has 0 unspecified atom stereocenters. The number of fused-ring (bicyclic) bond motifs is 1. The first-order valence-corrected chi connectivity index (χ1v) is 13.5. The van der Waals surface area contributed by atoms with Gasteiger partial charge in [-0.15, -0.1) is 0 Å². The number of hydrogen-bond donors (Lipinski definition) is 2. The first-order valence-electron chi connectivity index (χ1n) is 12.0. The van der Waals surface area contributed by atoms with Gasteiger partial charge in [0.1, 0.15) is 5.75 Å². The number of piperidine rings is 1. The minimum atomic E-state index is -3.86. The minimum absolute atomic E-state index is 0.115. The first-order chi connectivity index (χ1) is 16.5. The van der Waals surface area contributed by atoms with E-state index in [0.29, 0.717) is 42.8 Å². The average Bonchev–Trinajstić information content (AvgIpc) is 2.80. The van der Waals surface area contributed by atoms with Gasteiger partial charge in [-0.05, 0) is 69.7 Å². The number of rotatable bonds is 5. The molecule has 2 heterocycles. The third kappa shape index (κ3) is 4.92. The predicted octanol–water partition coefficient (Wildman–Crippen LogP) is 4.07. The Labute approximate surface area is 207 Å². The number of carbonyl (C=O) groups is 2. The van der Waals surface area contributed by atoms with Crippen molar-refractivity contribution in [3.63, 3.8) is 0 Å². The summed E-state index contributed by atoms with van der Waals surface area (Å²) in [6, 6.07) is 7.16. The molecule has 4 rings (SSSR count). The number of aryl methyl sites for hydroxylation is 4. The van der Waals surface area contributed by atoms with Crippen molar-refractivity contribution < 1.29 is 22.7 Å². The van der Waals surface area contributed by atoms with Crippen LogP contribution in [0.3, 0.4) is 0 Å². The number of sulfonamides is 1. The van der Waals surface area contributed by atoms with Crippen LogP contribution in [0.25, 0.3) is 0 Å². The maximum Gasteiger partial charge on any atom is 0.265 e. The summed E-state index contributed by atoms with van der Waals surface area (Å²) in [5.74, 6) is -0.508. The molecule has 0 spiro atoms. The number of hydrogen-bond acceptors (Lipinski definition) is 5. The molecule has 8 nitrogen and oxygen atoms in total. The lowest BCUT2D eigenvalue weighted by Crippen LogP contribution is -2.44. The van der Waals surface area contributed by atoms with Gasteiger partial charge in [-0.2, -0.15) is 4.31 Å². The van der Waals surface area contributed by atoms with Crippen LogP contribution in [0.5, 0.6) is 5.75 Å². The summed E-state index contributed by atoms with van der Waals surface area (Å²) in [6.45, 7) is 9.92. The van der Waals surface area contributed by atoms with Crippen LogP contribution in [-0.4, -0.2) is 43.7 Å².